The van der Waals surface area contributed by atoms with Gasteiger partial charge in [0.05, 0.1) is 0 Å². The summed E-state index contributed by atoms with van der Waals surface area (Å²) in [6.07, 6.45) is 0.486. The van der Waals surface area contributed by atoms with Gasteiger partial charge in [0, 0.05) is 12.1 Å². The molecule has 0 aliphatic heterocycles. The average molecular weight is 297 g/mol. The zero-order valence-corrected chi connectivity index (χ0v) is 12.5. The summed E-state index contributed by atoms with van der Waals surface area (Å²) in [6.45, 7) is 1.78. The van der Waals surface area contributed by atoms with Gasteiger partial charge in [0.15, 0.2) is 6.61 Å². The Balaban J connectivity index is 1.77. The van der Waals surface area contributed by atoms with Crippen LogP contribution in [0.15, 0.2) is 59.8 Å². The van der Waals surface area contributed by atoms with Crippen LogP contribution in [0.5, 0.6) is 0 Å². The van der Waals surface area contributed by atoms with Crippen LogP contribution in [0.1, 0.15) is 11.1 Å². The molecule has 0 aliphatic carbocycles. The minimum absolute atomic E-state index is 0.177. The van der Waals surface area contributed by atoms with Gasteiger partial charge in [0.25, 0.3) is 5.91 Å². The smallest absolute Gasteiger partial charge is 0.265 e. The first kappa shape index (κ1) is 15.6. The van der Waals surface area contributed by atoms with Crippen LogP contribution in [-0.4, -0.2) is 18.3 Å². The minimum Gasteiger partial charge on any atom is -0.384 e. The molecule has 3 N–H and O–H groups in total. The second-order valence-corrected chi connectivity index (χ2v) is 4.94. The summed E-state index contributed by atoms with van der Waals surface area (Å²) in [5.74, 6) is 0.0522. The largest absolute Gasteiger partial charge is 0.384 e. The van der Waals surface area contributed by atoms with Gasteiger partial charge in [-0.05, 0) is 30.2 Å². The van der Waals surface area contributed by atoms with E-state index in [1.54, 1.807) is 0 Å². The second-order valence-electron chi connectivity index (χ2n) is 4.94. The monoisotopic (exact) mass is 297 g/mol. The quantitative estimate of drug-likeness (QED) is 0.488. The van der Waals surface area contributed by atoms with Gasteiger partial charge in [-0.15, -0.1) is 0 Å². The predicted octanol–water partition coefficient (Wildman–Crippen LogP) is 2.47. The highest BCUT2D eigenvalue weighted by Gasteiger charge is 2.03. The molecular formula is C17H19N3O2. The summed E-state index contributed by atoms with van der Waals surface area (Å²) in [7, 11) is 0. The number of nitrogens with two attached hydrogens (primary N) is 1. The van der Waals surface area contributed by atoms with Crippen molar-refractivity contribution >= 4 is 17.4 Å². The van der Waals surface area contributed by atoms with E-state index in [0.717, 1.165) is 16.8 Å². The van der Waals surface area contributed by atoms with Crippen LogP contribution in [0.2, 0.25) is 0 Å². The molecule has 0 unspecified atom stereocenters. The molecule has 0 heterocycles. The van der Waals surface area contributed by atoms with Crippen LogP contribution in [0.3, 0.4) is 0 Å². The van der Waals surface area contributed by atoms with Crippen molar-refractivity contribution in [3.05, 3.63) is 65.7 Å². The highest BCUT2D eigenvalue weighted by Crippen LogP contribution is 2.09. The summed E-state index contributed by atoms with van der Waals surface area (Å²) in [5, 5.41) is 6.48. The standard InChI is InChI=1S/C17H19N3O2/c1-13-6-5-9-15(10-13)19-17(21)12-22-20-16(18)11-14-7-3-2-4-8-14/h2-10H,11-12H2,1H3,(H2,18,20)(H,19,21). The van der Waals surface area contributed by atoms with Crippen molar-refractivity contribution < 1.29 is 9.63 Å². The summed E-state index contributed by atoms with van der Waals surface area (Å²) in [4.78, 5) is 16.7. The molecule has 0 aliphatic rings. The Bertz CT molecular complexity index is 654. The first-order valence-corrected chi connectivity index (χ1v) is 6.98. The molecule has 0 saturated heterocycles. The maximum Gasteiger partial charge on any atom is 0.265 e. The molecule has 0 aromatic heterocycles. The summed E-state index contributed by atoms with van der Waals surface area (Å²) >= 11 is 0. The second kappa shape index (κ2) is 7.83. The van der Waals surface area contributed by atoms with Gasteiger partial charge in [-0.25, -0.2) is 0 Å². The highest BCUT2D eigenvalue weighted by molar-refractivity contribution is 5.91. The van der Waals surface area contributed by atoms with Gasteiger partial charge in [-0.3, -0.25) is 4.79 Å². The third-order valence-electron chi connectivity index (χ3n) is 2.91. The van der Waals surface area contributed by atoms with E-state index in [4.69, 9.17) is 10.6 Å². The molecule has 1 amide bonds. The van der Waals surface area contributed by atoms with Crippen LogP contribution >= 0.6 is 0 Å². The van der Waals surface area contributed by atoms with Gasteiger partial charge in [-0.2, -0.15) is 0 Å². The topological polar surface area (TPSA) is 76.7 Å². The summed E-state index contributed by atoms with van der Waals surface area (Å²) in [6, 6.07) is 17.2. The Morgan fingerprint density at radius 2 is 1.95 bits per heavy atom. The number of hydrogen-bond donors (Lipinski definition) is 2. The molecule has 2 aromatic rings. The zero-order chi connectivity index (χ0) is 15.8. The number of carbonyl (C=O) groups excluding carboxylic acids is 1. The fraction of sp³-hybridized carbons (Fsp3) is 0.176. The van der Waals surface area contributed by atoms with Crippen LogP contribution in [-0.2, 0) is 16.1 Å². The molecule has 0 bridgehead atoms. The lowest BCUT2D eigenvalue weighted by Crippen LogP contribution is -2.20. The number of amidine groups is 1. The molecule has 0 saturated carbocycles. The van der Waals surface area contributed by atoms with E-state index in [2.05, 4.69) is 10.5 Å². The van der Waals surface area contributed by atoms with Crippen molar-refractivity contribution in [2.75, 3.05) is 11.9 Å². The van der Waals surface area contributed by atoms with Crippen LogP contribution < -0.4 is 11.1 Å². The molecule has 0 spiro atoms. The number of aryl methyl sites for hydroxylation is 1. The Labute approximate surface area is 129 Å². The summed E-state index contributed by atoms with van der Waals surface area (Å²) in [5.41, 5.74) is 8.60. The normalized spacial score (nSPS) is 11.0. The van der Waals surface area contributed by atoms with Crippen LogP contribution in [0, 0.1) is 6.92 Å². The Hall–Kier alpha value is -2.82. The van der Waals surface area contributed by atoms with Crippen molar-refractivity contribution in [2.45, 2.75) is 13.3 Å². The van der Waals surface area contributed by atoms with E-state index in [1.807, 2.05) is 61.5 Å². The zero-order valence-electron chi connectivity index (χ0n) is 12.5. The Morgan fingerprint density at radius 1 is 1.18 bits per heavy atom. The van der Waals surface area contributed by atoms with E-state index in [-0.39, 0.29) is 12.5 Å². The fourth-order valence-electron chi connectivity index (χ4n) is 1.93. The lowest BCUT2D eigenvalue weighted by molar-refractivity contribution is -0.120. The van der Waals surface area contributed by atoms with E-state index in [1.165, 1.54) is 0 Å². The molecule has 2 rings (SSSR count). The lowest BCUT2D eigenvalue weighted by Gasteiger charge is -2.05. The van der Waals surface area contributed by atoms with Crippen molar-refractivity contribution in [3.8, 4) is 0 Å². The number of nitrogens with zero attached hydrogens (tertiary/aromatic N) is 1. The van der Waals surface area contributed by atoms with Gasteiger partial charge in [-0.1, -0.05) is 47.6 Å². The number of rotatable bonds is 6. The van der Waals surface area contributed by atoms with E-state index < -0.39 is 0 Å². The van der Waals surface area contributed by atoms with Crippen LogP contribution in [0.25, 0.3) is 0 Å². The molecule has 0 atom stereocenters. The number of nitrogens with one attached hydrogen (secondary N) is 1. The van der Waals surface area contributed by atoms with Gasteiger partial charge < -0.3 is 15.9 Å². The van der Waals surface area contributed by atoms with Crippen molar-refractivity contribution in [1.29, 1.82) is 0 Å². The Kier molecular flexibility index (Phi) is 5.54. The predicted molar refractivity (Wildman–Crippen MR) is 87.5 cm³/mol. The number of benzene rings is 2. The molecule has 5 nitrogen and oxygen atoms in total. The van der Waals surface area contributed by atoms with Gasteiger partial charge in [0.2, 0.25) is 0 Å². The van der Waals surface area contributed by atoms with Crippen molar-refractivity contribution in [2.24, 2.45) is 10.9 Å². The molecule has 0 fully saturated rings. The fourth-order valence-corrected chi connectivity index (χ4v) is 1.93. The van der Waals surface area contributed by atoms with Crippen molar-refractivity contribution in [1.82, 2.24) is 0 Å². The molecule has 114 valence electrons. The summed E-state index contributed by atoms with van der Waals surface area (Å²) < 4.78 is 0. The number of carbonyl (C=O) groups is 1. The van der Waals surface area contributed by atoms with Crippen LogP contribution in [0.4, 0.5) is 5.69 Å². The molecule has 22 heavy (non-hydrogen) atoms. The number of oxime groups is 1. The number of anilines is 1. The Morgan fingerprint density at radius 3 is 2.68 bits per heavy atom. The molecular weight excluding hydrogens is 278 g/mol. The maximum atomic E-state index is 11.7. The highest BCUT2D eigenvalue weighted by atomic mass is 16.6. The number of amides is 1. The third kappa shape index (κ3) is 5.28. The lowest BCUT2D eigenvalue weighted by atomic mass is 10.1. The van der Waals surface area contributed by atoms with Gasteiger partial charge in [0.1, 0.15) is 5.84 Å². The van der Waals surface area contributed by atoms with Crippen molar-refractivity contribution in [3.63, 3.8) is 0 Å². The van der Waals surface area contributed by atoms with E-state index in [0.29, 0.717) is 12.3 Å². The van der Waals surface area contributed by atoms with E-state index in [9.17, 15) is 4.79 Å². The molecule has 0 radical (unpaired) electrons. The maximum absolute atomic E-state index is 11.7. The first-order chi connectivity index (χ1) is 10.6. The number of hydrogen-bond acceptors (Lipinski definition) is 3. The molecule has 2 aromatic carbocycles. The minimum atomic E-state index is -0.276. The third-order valence-corrected chi connectivity index (χ3v) is 2.91. The SMILES string of the molecule is Cc1cccc(NC(=O)CON=C(N)Cc2ccccc2)c1. The molecule has 5 heteroatoms. The van der Waals surface area contributed by atoms with E-state index >= 15 is 0 Å². The first-order valence-electron chi connectivity index (χ1n) is 6.98. The van der Waals surface area contributed by atoms with Gasteiger partial charge >= 0.3 is 0 Å². The average Bonchev–Trinajstić information content (AvgIpc) is 2.48.